The first-order chi connectivity index (χ1) is 17.0. The summed E-state index contributed by atoms with van der Waals surface area (Å²) >= 11 is 0. The van der Waals surface area contributed by atoms with E-state index in [1.165, 1.54) is 31.2 Å². The molecule has 1 aliphatic rings. The molecule has 1 fully saturated rings. The molecule has 5 atom stereocenters. The third-order valence-electron chi connectivity index (χ3n) is 5.74. The Morgan fingerprint density at radius 3 is 2.22 bits per heavy atom. The lowest BCUT2D eigenvalue weighted by molar-refractivity contribution is -0.142. The molecule has 0 radical (unpaired) electrons. The van der Waals surface area contributed by atoms with Crippen LogP contribution >= 0.6 is 0 Å². The highest BCUT2D eigenvalue weighted by molar-refractivity contribution is 5.94. The molecule has 2 rings (SSSR count). The highest BCUT2D eigenvalue weighted by Gasteiger charge is 2.33. The molecule has 4 amide bonds. The van der Waals surface area contributed by atoms with Gasteiger partial charge in [-0.2, -0.15) is 0 Å². The number of rotatable bonds is 13. The number of nitrogens with two attached hydrogens (primary N) is 1. The van der Waals surface area contributed by atoms with E-state index in [1.54, 1.807) is 0 Å². The van der Waals surface area contributed by atoms with Gasteiger partial charge in [-0.25, -0.2) is 4.79 Å². The number of carboxylic acid groups (broad SMARTS) is 1. The first-order valence-electron chi connectivity index (χ1n) is 11.6. The van der Waals surface area contributed by atoms with Crippen LogP contribution in [0, 0.1) is 0 Å². The van der Waals surface area contributed by atoms with Gasteiger partial charge < -0.3 is 42.3 Å². The Labute approximate surface area is 207 Å². The summed E-state index contributed by atoms with van der Waals surface area (Å²) in [6.07, 6.45) is -0.554. The molecule has 36 heavy (non-hydrogen) atoms. The Balaban J connectivity index is 2.20. The fourth-order valence-corrected chi connectivity index (χ4v) is 3.72. The fraction of sp³-hybridized carbons (Fsp3) is 0.522. The van der Waals surface area contributed by atoms with Crippen molar-refractivity contribution < 1.29 is 39.3 Å². The van der Waals surface area contributed by atoms with E-state index in [-0.39, 0.29) is 25.0 Å². The molecule has 9 N–H and O–H groups in total. The average Bonchev–Trinajstić information content (AvgIpc) is 3.35. The van der Waals surface area contributed by atoms with Crippen LogP contribution in [0.4, 0.5) is 0 Å². The Morgan fingerprint density at radius 2 is 1.69 bits per heavy atom. The Hall–Kier alpha value is -3.71. The summed E-state index contributed by atoms with van der Waals surface area (Å²) in [5, 5.41) is 39.3. The minimum atomic E-state index is -1.44. The number of aromatic hydroxyl groups is 1. The number of aliphatic carboxylic acids is 1. The lowest BCUT2D eigenvalue weighted by Crippen LogP contribution is -2.60. The van der Waals surface area contributed by atoms with Crippen molar-refractivity contribution in [1.29, 1.82) is 0 Å². The zero-order valence-corrected chi connectivity index (χ0v) is 19.9. The van der Waals surface area contributed by atoms with Crippen molar-refractivity contribution in [3.05, 3.63) is 29.8 Å². The maximum atomic E-state index is 13.0. The van der Waals surface area contributed by atoms with Crippen molar-refractivity contribution in [2.45, 2.75) is 69.3 Å². The quantitative estimate of drug-likeness (QED) is 0.146. The first-order valence-corrected chi connectivity index (χ1v) is 11.6. The van der Waals surface area contributed by atoms with Gasteiger partial charge in [0, 0.05) is 12.8 Å². The molecule has 5 unspecified atom stereocenters. The van der Waals surface area contributed by atoms with E-state index < -0.39 is 59.9 Å². The number of carbonyl (C=O) groups excluding carboxylic acids is 4. The van der Waals surface area contributed by atoms with E-state index in [9.17, 15) is 39.3 Å². The largest absolute Gasteiger partial charge is 0.508 e. The maximum Gasteiger partial charge on any atom is 0.326 e. The van der Waals surface area contributed by atoms with Crippen LogP contribution in [0.15, 0.2) is 24.3 Å². The monoisotopic (exact) mass is 507 g/mol. The zero-order chi connectivity index (χ0) is 26.8. The molecule has 1 aliphatic heterocycles. The molecule has 198 valence electrons. The van der Waals surface area contributed by atoms with E-state index >= 15 is 0 Å². The van der Waals surface area contributed by atoms with Crippen LogP contribution in [0.25, 0.3) is 0 Å². The van der Waals surface area contributed by atoms with E-state index in [0.717, 1.165) is 6.42 Å². The second-order valence-corrected chi connectivity index (χ2v) is 8.71. The van der Waals surface area contributed by atoms with Crippen LogP contribution in [0.1, 0.15) is 38.2 Å². The van der Waals surface area contributed by atoms with Crippen LogP contribution in [0.2, 0.25) is 0 Å². The molecular formula is C23H33N5O8. The Morgan fingerprint density at radius 1 is 1.06 bits per heavy atom. The number of primary amides is 1. The smallest absolute Gasteiger partial charge is 0.326 e. The lowest BCUT2D eigenvalue weighted by Gasteiger charge is -2.26. The van der Waals surface area contributed by atoms with Gasteiger partial charge in [0.15, 0.2) is 0 Å². The summed E-state index contributed by atoms with van der Waals surface area (Å²) in [4.78, 5) is 61.2. The summed E-state index contributed by atoms with van der Waals surface area (Å²) in [5.41, 5.74) is 5.61. The molecule has 1 aromatic carbocycles. The van der Waals surface area contributed by atoms with Crippen LogP contribution in [0.3, 0.4) is 0 Å². The Bertz CT molecular complexity index is 946. The molecule has 0 aliphatic carbocycles. The normalized spacial score (nSPS) is 18.3. The van der Waals surface area contributed by atoms with E-state index in [2.05, 4.69) is 21.3 Å². The summed E-state index contributed by atoms with van der Waals surface area (Å²) in [5.74, 6) is -4.32. The van der Waals surface area contributed by atoms with E-state index in [0.29, 0.717) is 18.5 Å². The number of aliphatic hydroxyl groups excluding tert-OH is 1. The van der Waals surface area contributed by atoms with Crippen molar-refractivity contribution in [2.75, 3.05) is 6.54 Å². The van der Waals surface area contributed by atoms with Crippen molar-refractivity contribution in [3.8, 4) is 5.75 Å². The number of carboxylic acids is 1. The number of aliphatic hydroxyl groups is 1. The molecule has 0 saturated carbocycles. The van der Waals surface area contributed by atoms with Gasteiger partial charge >= 0.3 is 5.97 Å². The predicted octanol–water partition coefficient (Wildman–Crippen LogP) is -2.13. The van der Waals surface area contributed by atoms with Gasteiger partial charge in [0.05, 0.1) is 12.1 Å². The SMILES string of the molecule is CC(O)C(NC(=O)C1CCCN1)C(=O)NC(Cc1ccc(O)cc1)C(=O)NC(CCC(N)=O)C(=O)O. The number of phenolic OH excluding ortho intramolecular Hbond substituents is 1. The number of hydrogen-bond acceptors (Lipinski definition) is 8. The predicted molar refractivity (Wildman–Crippen MR) is 126 cm³/mol. The van der Waals surface area contributed by atoms with Crippen molar-refractivity contribution in [2.24, 2.45) is 5.73 Å². The average molecular weight is 508 g/mol. The summed E-state index contributed by atoms with van der Waals surface area (Å²) in [6, 6.07) is 1.17. The van der Waals surface area contributed by atoms with Crippen LogP contribution in [-0.4, -0.2) is 81.7 Å². The molecule has 0 aromatic heterocycles. The number of nitrogens with one attached hydrogen (secondary N) is 4. The topological polar surface area (TPSA) is 220 Å². The van der Waals surface area contributed by atoms with Crippen LogP contribution in [-0.2, 0) is 30.4 Å². The minimum absolute atomic E-state index is 0.0152. The molecule has 0 bridgehead atoms. The molecule has 1 heterocycles. The lowest BCUT2D eigenvalue weighted by atomic mass is 10.0. The van der Waals surface area contributed by atoms with Gasteiger partial charge in [-0.15, -0.1) is 0 Å². The third-order valence-corrected chi connectivity index (χ3v) is 5.74. The van der Waals surface area contributed by atoms with E-state index in [4.69, 9.17) is 5.73 Å². The van der Waals surface area contributed by atoms with Gasteiger partial charge in [0.2, 0.25) is 23.6 Å². The number of amides is 4. The number of phenols is 1. The molecule has 0 spiro atoms. The molecule has 1 saturated heterocycles. The number of hydrogen-bond donors (Lipinski definition) is 8. The second kappa shape index (κ2) is 13.4. The molecule has 1 aromatic rings. The first kappa shape index (κ1) is 28.5. The van der Waals surface area contributed by atoms with Gasteiger partial charge in [0.25, 0.3) is 0 Å². The van der Waals surface area contributed by atoms with Gasteiger partial charge in [-0.1, -0.05) is 12.1 Å². The fourth-order valence-electron chi connectivity index (χ4n) is 3.72. The third kappa shape index (κ3) is 8.82. The van der Waals surface area contributed by atoms with E-state index in [1.807, 2.05) is 0 Å². The van der Waals surface area contributed by atoms with Crippen molar-refractivity contribution in [1.82, 2.24) is 21.3 Å². The summed E-state index contributed by atoms with van der Waals surface area (Å²) < 4.78 is 0. The Kier molecular flexibility index (Phi) is 10.6. The van der Waals surface area contributed by atoms with Gasteiger partial charge in [-0.05, 0) is 50.4 Å². The van der Waals surface area contributed by atoms with Crippen LogP contribution in [0.5, 0.6) is 5.75 Å². The minimum Gasteiger partial charge on any atom is -0.508 e. The van der Waals surface area contributed by atoms with Crippen molar-refractivity contribution >= 4 is 29.6 Å². The van der Waals surface area contributed by atoms with Crippen molar-refractivity contribution in [3.63, 3.8) is 0 Å². The van der Waals surface area contributed by atoms with Gasteiger partial charge in [0.1, 0.15) is 23.9 Å². The highest BCUT2D eigenvalue weighted by atomic mass is 16.4. The molecular weight excluding hydrogens is 474 g/mol. The number of carbonyl (C=O) groups is 5. The molecule has 13 nitrogen and oxygen atoms in total. The van der Waals surface area contributed by atoms with Crippen LogP contribution < -0.4 is 27.0 Å². The maximum absolute atomic E-state index is 13.0. The van der Waals surface area contributed by atoms with Gasteiger partial charge in [-0.3, -0.25) is 19.2 Å². The second-order valence-electron chi connectivity index (χ2n) is 8.71. The number of benzene rings is 1. The zero-order valence-electron chi connectivity index (χ0n) is 19.9. The summed E-state index contributed by atoms with van der Waals surface area (Å²) in [6.45, 7) is 1.96. The highest BCUT2D eigenvalue weighted by Crippen LogP contribution is 2.12. The summed E-state index contributed by atoms with van der Waals surface area (Å²) in [7, 11) is 0. The molecule has 13 heteroatoms. The standard InChI is InChI=1S/C23H33N5O8/c1-12(29)19(28-20(32)15-3-2-10-25-15)22(34)27-17(11-13-4-6-14(30)7-5-13)21(33)26-16(23(35)36)8-9-18(24)31/h4-7,12,15-17,19,25,29-30H,2-3,8-11H2,1H3,(H2,24,31)(H,26,33)(H,27,34)(H,28,32)(H,35,36).